The van der Waals surface area contributed by atoms with Crippen molar-refractivity contribution in [2.45, 2.75) is 25.7 Å². The Morgan fingerprint density at radius 1 is 1.21 bits per heavy atom. The minimum Gasteiger partial charge on any atom is -0.462 e. The first-order chi connectivity index (χ1) is 13.7. The van der Waals surface area contributed by atoms with Gasteiger partial charge < -0.3 is 4.74 Å². The summed E-state index contributed by atoms with van der Waals surface area (Å²) in [7, 11) is -4.38. The van der Waals surface area contributed by atoms with E-state index in [-0.39, 0.29) is 29.6 Å². The number of amides is 2. The van der Waals surface area contributed by atoms with Crippen LogP contribution >= 0.6 is 0 Å². The SMILES string of the molecule is C=CCN(C(=O)NS(=O)(=O)c1ccccc1C(=O)OCC)c1nc(C)cc(C)n1. The van der Waals surface area contributed by atoms with Gasteiger partial charge in [0.15, 0.2) is 0 Å². The highest BCUT2D eigenvalue weighted by molar-refractivity contribution is 7.90. The topological polar surface area (TPSA) is 119 Å². The molecular formula is C19H22N4O5S. The van der Waals surface area contributed by atoms with Crippen LogP contribution in [-0.2, 0) is 14.8 Å². The maximum absolute atomic E-state index is 12.8. The average molecular weight is 418 g/mol. The third-order valence-corrected chi connectivity index (χ3v) is 5.04. The summed E-state index contributed by atoms with van der Waals surface area (Å²) in [4.78, 5) is 33.9. The summed E-state index contributed by atoms with van der Waals surface area (Å²) >= 11 is 0. The second kappa shape index (κ2) is 9.28. The number of ether oxygens (including phenoxy) is 1. The van der Waals surface area contributed by atoms with Crippen LogP contribution in [0.3, 0.4) is 0 Å². The second-order valence-electron chi connectivity index (χ2n) is 5.98. The van der Waals surface area contributed by atoms with Crippen molar-refractivity contribution in [1.29, 1.82) is 0 Å². The predicted octanol–water partition coefficient (Wildman–Crippen LogP) is 2.36. The van der Waals surface area contributed by atoms with E-state index in [9.17, 15) is 18.0 Å². The van der Waals surface area contributed by atoms with E-state index in [4.69, 9.17) is 4.74 Å². The highest BCUT2D eigenvalue weighted by atomic mass is 32.2. The van der Waals surface area contributed by atoms with Crippen LogP contribution in [0.4, 0.5) is 10.7 Å². The monoisotopic (exact) mass is 418 g/mol. The van der Waals surface area contributed by atoms with Crippen molar-refractivity contribution in [2.75, 3.05) is 18.1 Å². The molecule has 2 rings (SSSR count). The van der Waals surface area contributed by atoms with Crippen molar-refractivity contribution < 1.29 is 22.7 Å². The normalized spacial score (nSPS) is 10.9. The van der Waals surface area contributed by atoms with Crippen molar-refractivity contribution in [3.63, 3.8) is 0 Å². The van der Waals surface area contributed by atoms with Gasteiger partial charge in [0.1, 0.15) is 4.90 Å². The average Bonchev–Trinajstić information content (AvgIpc) is 2.65. The first-order valence-corrected chi connectivity index (χ1v) is 10.2. The van der Waals surface area contributed by atoms with Crippen molar-refractivity contribution >= 4 is 28.0 Å². The number of aromatic nitrogens is 2. The molecule has 1 N–H and O–H groups in total. The van der Waals surface area contributed by atoms with Crippen molar-refractivity contribution in [2.24, 2.45) is 0 Å². The lowest BCUT2D eigenvalue weighted by Crippen LogP contribution is -2.44. The van der Waals surface area contributed by atoms with Gasteiger partial charge in [-0.3, -0.25) is 4.90 Å². The Bertz CT molecular complexity index is 1020. The van der Waals surface area contributed by atoms with E-state index in [1.54, 1.807) is 26.8 Å². The number of nitrogens with zero attached hydrogens (tertiary/aromatic N) is 3. The fraction of sp³-hybridized carbons (Fsp3) is 0.263. The third-order valence-electron chi connectivity index (χ3n) is 3.66. The molecule has 0 unspecified atom stereocenters. The Morgan fingerprint density at radius 2 is 1.83 bits per heavy atom. The van der Waals surface area contributed by atoms with Gasteiger partial charge in [0, 0.05) is 17.9 Å². The van der Waals surface area contributed by atoms with Gasteiger partial charge in [-0.2, -0.15) is 0 Å². The van der Waals surface area contributed by atoms with E-state index in [1.165, 1.54) is 30.3 Å². The van der Waals surface area contributed by atoms with E-state index < -0.39 is 22.0 Å². The molecule has 2 aromatic rings. The fourth-order valence-electron chi connectivity index (χ4n) is 2.52. The molecule has 9 nitrogen and oxygen atoms in total. The molecule has 0 aliphatic heterocycles. The van der Waals surface area contributed by atoms with Crippen LogP contribution in [-0.4, -0.2) is 43.5 Å². The number of esters is 1. The molecule has 1 heterocycles. The van der Waals surface area contributed by atoms with Crippen LogP contribution in [0.25, 0.3) is 0 Å². The highest BCUT2D eigenvalue weighted by Gasteiger charge is 2.28. The number of hydrogen-bond donors (Lipinski definition) is 1. The predicted molar refractivity (Wildman–Crippen MR) is 107 cm³/mol. The summed E-state index contributed by atoms with van der Waals surface area (Å²) in [6, 6.07) is 6.21. The molecule has 0 aliphatic carbocycles. The molecule has 29 heavy (non-hydrogen) atoms. The zero-order chi connectivity index (χ0) is 21.6. The molecule has 0 saturated heterocycles. The summed E-state index contributed by atoms with van der Waals surface area (Å²) in [6.07, 6.45) is 1.42. The molecule has 10 heteroatoms. The number of anilines is 1. The number of sulfonamides is 1. The van der Waals surface area contributed by atoms with Crippen molar-refractivity contribution in [3.8, 4) is 0 Å². The number of hydrogen-bond acceptors (Lipinski definition) is 7. The van der Waals surface area contributed by atoms with Crippen molar-refractivity contribution in [3.05, 3.63) is 59.9 Å². The number of nitrogens with one attached hydrogen (secondary N) is 1. The summed E-state index contributed by atoms with van der Waals surface area (Å²) in [6.45, 7) is 8.70. The van der Waals surface area contributed by atoms with Crippen LogP contribution in [0.1, 0.15) is 28.7 Å². The van der Waals surface area contributed by atoms with Crippen LogP contribution in [0, 0.1) is 13.8 Å². The Labute approximate surface area is 169 Å². The zero-order valence-corrected chi connectivity index (χ0v) is 17.2. The standard InChI is InChI=1S/C19H22N4O5S/c1-5-11-23(18-20-13(3)12-14(4)21-18)19(25)22-29(26,27)16-10-8-7-9-15(16)17(24)28-6-2/h5,7-10,12H,1,6,11H2,2-4H3,(H,22,25). The molecule has 0 spiro atoms. The van der Waals surface area contributed by atoms with Crippen LogP contribution in [0.5, 0.6) is 0 Å². The Kier molecular flexibility index (Phi) is 7.05. The quantitative estimate of drug-likeness (QED) is 0.541. The van der Waals surface area contributed by atoms with E-state index in [2.05, 4.69) is 16.5 Å². The molecule has 0 aliphatic rings. The third kappa shape index (κ3) is 5.38. The highest BCUT2D eigenvalue weighted by Crippen LogP contribution is 2.18. The largest absolute Gasteiger partial charge is 0.462 e. The summed E-state index contributed by atoms with van der Waals surface area (Å²) < 4.78 is 32.5. The molecule has 0 saturated carbocycles. The van der Waals surface area contributed by atoms with Gasteiger partial charge in [-0.1, -0.05) is 18.2 Å². The second-order valence-corrected chi connectivity index (χ2v) is 7.63. The lowest BCUT2D eigenvalue weighted by atomic mass is 10.2. The summed E-state index contributed by atoms with van der Waals surface area (Å²) in [5.74, 6) is -0.768. The first-order valence-electron chi connectivity index (χ1n) is 8.73. The molecule has 0 fully saturated rings. The Morgan fingerprint density at radius 3 is 2.41 bits per heavy atom. The Hall–Kier alpha value is -3.27. The van der Waals surface area contributed by atoms with Gasteiger partial charge >= 0.3 is 12.0 Å². The molecule has 1 aromatic heterocycles. The summed E-state index contributed by atoms with van der Waals surface area (Å²) in [5, 5.41) is 0. The van der Waals surface area contributed by atoms with E-state index >= 15 is 0 Å². The maximum atomic E-state index is 12.8. The number of urea groups is 1. The van der Waals surface area contributed by atoms with Gasteiger partial charge in [-0.25, -0.2) is 32.7 Å². The number of carbonyl (C=O) groups is 2. The smallest absolute Gasteiger partial charge is 0.339 e. The molecule has 2 amide bonds. The minimum absolute atomic E-state index is 0.0240. The van der Waals surface area contributed by atoms with Gasteiger partial charge in [-0.15, -0.1) is 6.58 Å². The van der Waals surface area contributed by atoms with Crippen LogP contribution < -0.4 is 9.62 Å². The maximum Gasteiger partial charge on any atom is 0.339 e. The Balaban J connectivity index is 2.39. The van der Waals surface area contributed by atoms with E-state index in [1.807, 2.05) is 4.72 Å². The zero-order valence-electron chi connectivity index (χ0n) is 16.4. The van der Waals surface area contributed by atoms with Gasteiger partial charge in [-0.05, 0) is 39.0 Å². The minimum atomic E-state index is -4.38. The number of aryl methyl sites for hydroxylation is 2. The number of rotatable bonds is 7. The first kappa shape index (κ1) is 22.0. The van der Waals surface area contributed by atoms with Gasteiger partial charge in [0.05, 0.1) is 12.2 Å². The summed E-state index contributed by atoms with van der Waals surface area (Å²) in [5.41, 5.74) is 1.06. The fourth-order valence-corrected chi connectivity index (χ4v) is 3.66. The van der Waals surface area contributed by atoms with E-state index in [0.29, 0.717) is 11.4 Å². The lowest BCUT2D eigenvalue weighted by Gasteiger charge is -2.20. The lowest BCUT2D eigenvalue weighted by molar-refractivity contribution is 0.0521. The molecular weight excluding hydrogens is 396 g/mol. The molecule has 0 bridgehead atoms. The van der Waals surface area contributed by atoms with E-state index in [0.717, 1.165) is 4.90 Å². The molecule has 154 valence electrons. The van der Waals surface area contributed by atoms with Gasteiger partial charge in [0.25, 0.3) is 10.0 Å². The van der Waals surface area contributed by atoms with Crippen LogP contribution in [0.2, 0.25) is 0 Å². The van der Waals surface area contributed by atoms with Crippen molar-refractivity contribution in [1.82, 2.24) is 14.7 Å². The number of carbonyl (C=O) groups excluding carboxylic acids is 2. The van der Waals surface area contributed by atoms with Gasteiger partial charge in [0.2, 0.25) is 5.95 Å². The number of benzene rings is 1. The molecule has 0 atom stereocenters. The molecule has 1 aromatic carbocycles. The van der Waals surface area contributed by atoms with Crippen LogP contribution in [0.15, 0.2) is 47.9 Å². The molecule has 0 radical (unpaired) electrons.